The van der Waals surface area contributed by atoms with Crippen LogP contribution >= 0.6 is 8.86 Å². The number of rotatable bonds is 6. The fourth-order valence-electron chi connectivity index (χ4n) is 3.16. The molecule has 0 bridgehead atoms. The van der Waals surface area contributed by atoms with Crippen molar-refractivity contribution in [1.29, 1.82) is 0 Å². The van der Waals surface area contributed by atoms with Crippen LogP contribution in [0.2, 0.25) is 0 Å². The van der Waals surface area contributed by atoms with E-state index in [1.807, 2.05) is 54.6 Å². The zero-order chi connectivity index (χ0) is 17.5. The number of ether oxygens (including phenoxy) is 1. The summed E-state index contributed by atoms with van der Waals surface area (Å²) in [6, 6.07) is 30.6. The highest BCUT2D eigenvalue weighted by Gasteiger charge is 2.37. The van der Waals surface area contributed by atoms with E-state index in [2.05, 4.69) is 36.4 Å². The molecule has 0 fully saturated rings. The van der Waals surface area contributed by atoms with Crippen LogP contribution in [0.5, 0.6) is 0 Å². The van der Waals surface area contributed by atoms with Gasteiger partial charge in [0.15, 0.2) is 0 Å². The Balaban J connectivity index is 2.23. The molecule has 2 nitrogen and oxygen atoms in total. The molecule has 0 radical (unpaired) electrons. The van der Waals surface area contributed by atoms with Gasteiger partial charge in [-0.05, 0) is 16.7 Å². The summed E-state index contributed by atoms with van der Waals surface area (Å²) in [5.41, 5.74) is 2.74. The normalized spacial score (nSPS) is 11.0. The first-order valence-corrected chi connectivity index (χ1v) is 9.05. The molecule has 0 aliphatic carbocycles. The van der Waals surface area contributed by atoms with Crippen molar-refractivity contribution in [2.75, 3.05) is 6.61 Å². The summed E-state index contributed by atoms with van der Waals surface area (Å²) in [4.78, 5) is 11.9. The van der Waals surface area contributed by atoms with Gasteiger partial charge in [-0.1, -0.05) is 91.0 Å². The fraction of sp³-hybridized carbons (Fsp3) is 0.0909. The van der Waals surface area contributed by atoms with E-state index in [-0.39, 0.29) is 12.6 Å². The maximum Gasteiger partial charge on any atom is 0.330 e. The molecule has 1 atom stereocenters. The van der Waals surface area contributed by atoms with Crippen molar-refractivity contribution in [3.8, 4) is 0 Å². The number of hydrogen-bond acceptors (Lipinski definition) is 2. The SMILES string of the molecule is O=C(C=[PH3])OCC(c1ccccc1)(c1ccccc1)c1ccccc1. The van der Waals surface area contributed by atoms with Crippen LogP contribution in [0.25, 0.3) is 0 Å². The smallest absolute Gasteiger partial charge is 0.330 e. The molecule has 0 aliphatic rings. The minimum Gasteiger partial charge on any atom is -0.461 e. The molecule has 0 saturated carbocycles. The molecule has 0 amide bonds. The Hall–Kier alpha value is -2.57. The van der Waals surface area contributed by atoms with Crippen LogP contribution in [0.15, 0.2) is 91.0 Å². The second-order valence-corrected chi connectivity index (χ2v) is 6.22. The number of carbonyl (C=O) groups excluding carboxylic acids is 1. The van der Waals surface area contributed by atoms with E-state index < -0.39 is 5.41 Å². The van der Waals surface area contributed by atoms with E-state index in [9.17, 15) is 4.79 Å². The molecule has 0 N–H and O–H groups in total. The minimum absolute atomic E-state index is 0.249. The molecule has 0 spiro atoms. The molecule has 0 saturated heterocycles. The van der Waals surface area contributed by atoms with Crippen molar-refractivity contribution in [2.45, 2.75) is 5.41 Å². The Bertz CT molecular complexity index is 733. The fourth-order valence-corrected chi connectivity index (χ4v) is 3.27. The third kappa shape index (κ3) is 3.60. The third-order valence-corrected chi connectivity index (χ3v) is 4.73. The second kappa shape index (κ2) is 8.00. The van der Waals surface area contributed by atoms with Crippen molar-refractivity contribution in [3.05, 3.63) is 108 Å². The Morgan fingerprint density at radius 2 is 1.12 bits per heavy atom. The van der Waals surface area contributed by atoms with Crippen LogP contribution in [0.4, 0.5) is 0 Å². The molecule has 3 heteroatoms. The molecule has 3 rings (SSSR count). The maximum absolute atomic E-state index is 11.9. The van der Waals surface area contributed by atoms with Gasteiger partial charge < -0.3 is 4.74 Å². The summed E-state index contributed by atoms with van der Waals surface area (Å²) in [6.45, 7) is 0.249. The van der Waals surface area contributed by atoms with Crippen molar-refractivity contribution >= 4 is 20.6 Å². The third-order valence-electron chi connectivity index (χ3n) is 4.40. The minimum atomic E-state index is -0.550. The first-order chi connectivity index (χ1) is 12.3. The number of esters is 1. The zero-order valence-electron chi connectivity index (χ0n) is 14.0. The van der Waals surface area contributed by atoms with Gasteiger partial charge >= 0.3 is 5.97 Å². The van der Waals surface area contributed by atoms with E-state index >= 15 is 0 Å². The second-order valence-electron chi connectivity index (χ2n) is 5.82. The summed E-state index contributed by atoms with van der Waals surface area (Å²) in [7, 11) is 1.49. The van der Waals surface area contributed by atoms with E-state index in [1.165, 1.54) is 14.7 Å². The predicted octanol–water partition coefficient (Wildman–Crippen LogP) is 3.97. The van der Waals surface area contributed by atoms with Crippen LogP contribution in [-0.2, 0) is 14.9 Å². The van der Waals surface area contributed by atoms with Crippen LogP contribution in [0.3, 0.4) is 0 Å². The highest BCUT2D eigenvalue weighted by Crippen LogP contribution is 2.39. The number of carbonyl (C=O) groups is 1. The first kappa shape index (κ1) is 17.3. The monoisotopic (exact) mass is 348 g/mol. The summed E-state index contributed by atoms with van der Waals surface area (Å²) in [5, 5.41) is 0. The molecule has 0 heterocycles. The van der Waals surface area contributed by atoms with Crippen LogP contribution in [-0.4, -0.2) is 18.4 Å². The van der Waals surface area contributed by atoms with Gasteiger partial charge in [0.25, 0.3) is 0 Å². The molecular weight excluding hydrogens is 327 g/mol. The largest absolute Gasteiger partial charge is 0.461 e. The van der Waals surface area contributed by atoms with Gasteiger partial charge in [-0.25, -0.2) is 4.79 Å². The highest BCUT2D eigenvalue weighted by atomic mass is 31.0. The van der Waals surface area contributed by atoms with Crippen molar-refractivity contribution in [2.24, 2.45) is 0 Å². The quantitative estimate of drug-likeness (QED) is 0.383. The number of benzene rings is 3. The van der Waals surface area contributed by atoms with Gasteiger partial charge in [0.2, 0.25) is 0 Å². The van der Waals surface area contributed by atoms with Crippen molar-refractivity contribution in [3.63, 3.8) is 0 Å². The average molecular weight is 348 g/mol. The van der Waals surface area contributed by atoms with E-state index in [0.29, 0.717) is 0 Å². The molecule has 0 aromatic heterocycles. The van der Waals surface area contributed by atoms with Gasteiger partial charge in [0.05, 0.1) is 5.41 Å². The van der Waals surface area contributed by atoms with Gasteiger partial charge in [-0.3, -0.25) is 0 Å². The average Bonchev–Trinajstić information content (AvgIpc) is 2.71. The Kier molecular flexibility index (Phi) is 5.53. The maximum atomic E-state index is 11.9. The van der Waals surface area contributed by atoms with Gasteiger partial charge in [0.1, 0.15) is 6.61 Å². The predicted molar refractivity (Wildman–Crippen MR) is 107 cm³/mol. The van der Waals surface area contributed by atoms with Crippen molar-refractivity contribution < 1.29 is 9.53 Å². The van der Waals surface area contributed by atoms with Gasteiger partial charge in [-0.2, -0.15) is 0 Å². The molecule has 1 unspecified atom stereocenters. The molecule has 126 valence electrons. The van der Waals surface area contributed by atoms with Crippen LogP contribution < -0.4 is 0 Å². The van der Waals surface area contributed by atoms with Crippen LogP contribution in [0, 0.1) is 0 Å². The topological polar surface area (TPSA) is 26.3 Å². The van der Waals surface area contributed by atoms with Crippen LogP contribution in [0.1, 0.15) is 16.7 Å². The van der Waals surface area contributed by atoms with Crippen molar-refractivity contribution in [1.82, 2.24) is 0 Å². The molecule has 25 heavy (non-hydrogen) atoms. The van der Waals surface area contributed by atoms with E-state index in [1.54, 1.807) is 0 Å². The summed E-state index contributed by atoms with van der Waals surface area (Å²) in [6.07, 6.45) is 0. The Labute approximate surface area is 150 Å². The zero-order valence-corrected chi connectivity index (χ0v) is 15.4. The lowest BCUT2D eigenvalue weighted by Gasteiger charge is -2.35. The summed E-state index contributed by atoms with van der Waals surface area (Å²) >= 11 is 0. The summed E-state index contributed by atoms with van der Waals surface area (Å²) in [5.74, 6) is 1.18. The van der Waals surface area contributed by atoms with E-state index in [4.69, 9.17) is 4.74 Å². The lowest BCUT2D eigenvalue weighted by molar-refractivity contribution is -0.135. The lowest BCUT2D eigenvalue weighted by Crippen LogP contribution is -2.36. The first-order valence-electron chi connectivity index (χ1n) is 8.23. The van der Waals surface area contributed by atoms with Gasteiger partial charge in [-0.15, -0.1) is 8.86 Å². The molecular formula is C22H21O2P. The summed E-state index contributed by atoms with van der Waals surface area (Å²) < 4.78 is 5.63. The van der Waals surface area contributed by atoms with E-state index in [0.717, 1.165) is 16.7 Å². The number of hydrogen-bond donors (Lipinski definition) is 0. The van der Waals surface area contributed by atoms with Gasteiger partial charge in [0, 0.05) is 5.80 Å². The highest BCUT2D eigenvalue weighted by molar-refractivity contribution is 7.21. The molecule has 0 aliphatic heterocycles. The molecule has 3 aromatic carbocycles. The lowest BCUT2D eigenvalue weighted by atomic mass is 9.70. The Morgan fingerprint density at radius 1 is 0.760 bits per heavy atom. The Morgan fingerprint density at radius 3 is 1.44 bits per heavy atom. The molecule has 3 aromatic rings. The standard InChI is InChI=1S/C22H21O2P/c23-21(16-25)24-17-22(18-10-4-1-5-11-18,19-12-6-2-7-13-19)20-14-8-3-9-15-20/h1-16H,17H2,25H3.